The van der Waals surface area contributed by atoms with Crippen LogP contribution in [0.25, 0.3) is 0 Å². The number of imide groups is 1. The molecule has 30 heavy (non-hydrogen) atoms. The molecule has 1 atom stereocenters. The molecular weight excluding hydrogens is 390 g/mol. The lowest BCUT2D eigenvalue weighted by Gasteiger charge is -2.22. The van der Waals surface area contributed by atoms with Gasteiger partial charge in [-0.3, -0.25) is 14.5 Å². The van der Waals surface area contributed by atoms with Gasteiger partial charge in [0.05, 0.1) is 21.3 Å². The van der Waals surface area contributed by atoms with Crippen molar-refractivity contribution in [3.8, 4) is 17.2 Å². The Hall–Kier alpha value is -3.75. The van der Waals surface area contributed by atoms with Crippen LogP contribution in [0.15, 0.2) is 42.5 Å². The first-order valence-electron chi connectivity index (χ1n) is 9.13. The van der Waals surface area contributed by atoms with E-state index in [9.17, 15) is 14.4 Å². The second-order valence-corrected chi connectivity index (χ2v) is 6.77. The molecule has 1 aliphatic rings. The van der Waals surface area contributed by atoms with Crippen molar-refractivity contribution in [1.29, 1.82) is 0 Å². The summed E-state index contributed by atoms with van der Waals surface area (Å²) in [4.78, 5) is 38.8. The van der Waals surface area contributed by atoms with E-state index in [0.29, 0.717) is 28.5 Å². The smallest absolute Gasteiger partial charge is 0.325 e. The highest BCUT2D eigenvalue weighted by atomic mass is 16.5. The summed E-state index contributed by atoms with van der Waals surface area (Å²) in [6.07, 6.45) is 0. The number of urea groups is 1. The molecule has 9 nitrogen and oxygen atoms in total. The largest absolute Gasteiger partial charge is 0.493 e. The summed E-state index contributed by atoms with van der Waals surface area (Å²) >= 11 is 0. The summed E-state index contributed by atoms with van der Waals surface area (Å²) in [5.41, 5.74) is -0.228. The third-order valence-electron chi connectivity index (χ3n) is 4.88. The Kier molecular flexibility index (Phi) is 5.81. The van der Waals surface area contributed by atoms with Gasteiger partial charge in [0.1, 0.15) is 12.1 Å². The lowest BCUT2D eigenvalue weighted by Crippen LogP contribution is -2.42. The summed E-state index contributed by atoms with van der Waals surface area (Å²) in [6.45, 7) is 1.17. The quantitative estimate of drug-likeness (QED) is 0.674. The van der Waals surface area contributed by atoms with Gasteiger partial charge >= 0.3 is 6.03 Å². The van der Waals surface area contributed by atoms with Crippen molar-refractivity contribution in [1.82, 2.24) is 10.2 Å². The SMILES string of the molecule is COc1cc(NC(=O)CN2C(=O)N[C@@](C)(c3ccccc3)C2=O)cc(OC)c1OC. The Balaban J connectivity index is 1.77. The minimum atomic E-state index is -1.23. The fraction of sp³-hybridized carbons (Fsp3) is 0.286. The first kappa shape index (κ1) is 21.0. The normalized spacial score (nSPS) is 18.1. The number of methoxy groups -OCH3 is 3. The predicted molar refractivity (Wildman–Crippen MR) is 109 cm³/mol. The van der Waals surface area contributed by atoms with Crippen LogP contribution in [0.2, 0.25) is 0 Å². The number of hydrogen-bond donors (Lipinski definition) is 2. The molecule has 0 unspecified atom stereocenters. The zero-order valence-electron chi connectivity index (χ0n) is 17.1. The highest BCUT2D eigenvalue weighted by Crippen LogP contribution is 2.40. The number of nitrogens with zero attached hydrogens (tertiary/aromatic N) is 1. The second kappa shape index (κ2) is 8.32. The Morgan fingerprint density at radius 2 is 1.63 bits per heavy atom. The fourth-order valence-corrected chi connectivity index (χ4v) is 3.31. The summed E-state index contributed by atoms with van der Waals surface area (Å²) in [5, 5.41) is 5.32. The number of hydrogen-bond acceptors (Lipinski definition) is 6. The molecule has 0 aliphatic carbocycles. The maximum absolute atomic E-state index is 12.9. The average molecular weight is 413 g/mol. The first-order chi connectivity index (χ1) is 14.3. The van der Waals surface area contributed by atoms with E-state index in [1.807, 2.05) is 6.07 Å². The van der Waals surface area contributed by atoms with Crippen LogP contribution in [-0.4, -0.2) is 50.6 Å². The van der Waals surface area contributed by atoms with Gasteiger partial charge in [0.25, 0.3) is 5.91 Å². The van der Waals surface area contributed by atoms with Gasteiger partial charge in [-0.1, -0.05) is 30.3 Å². The van der Waals surface area contributed by atoms with E-state index in [1.54, 1.807) is 43.3 Å². The van der Waals surface area contributed by atoms with Crippen LogP contribution in [0.3, 0.4) is 0 Å². The van der Waals surface area contributed by atoms with Gasteiger partial charge in [-0.05, 0) is 12.5 Å². The molecule has 1 saturated heterocycles. The molecule has 0 saturated carbocycles. The zero-order chi connectivity index (χ0) is 21.9. The minimum absolute atomic E-state index is 0.360. The van der Waals surface area contributed by atoms with Crippen LogP contribution in [0, 0.1) is 0 Å². The number of ether oxygens (including phenoxy) is 3. The van der Waals surface area contributed by atoms with Gasteiger partial charge < -0.3 is 24.8 Å². The van der Waals surface area contributed by atoms with E-state index >= 15 is 0 Å². The molecule has 2 aromatic carbocycles. The Morgan fingerprint density at radius 1 is 1.03 bits per heavy atom. The van der Waals surface area contributed by atoms with Crippen LogP contribution >= 0.6 is 0 Å². The monoisotopic (exact) mass is 413 g/mol. The van der Waals surface area contributed by atoms with E-state index in [-0.39, 0.29) is 0 Å². The molecule has 158 valence electrons. The maximum Gasteiger partial charge on any atom is 0.325 e. The highest BCUT2D eigenvalue weighted by molar-refractivity contribution is 6.10. The van der Waals surface area contributed by atoms with Gasteiger partial charge in [0.2, 0.25) is 11.7 Å². The van der Waals surface area contributed by atoms with E-state index in [0.717, 1.165) is 4.90 Å². The first-order valence-corrected chi connectivity index (χ1v) is 9.13. The van der Waals surface area contributed by atoms with E-state index < -0.39 is 29.9 Å². The fourth-order valence-electron chi connectivity index (χ4n) is 3.31. The van der Waals surface area contributed by atoms with Crippen molar-refractivity contribution in [3.05, 3.63) is 48.0 Å². The Morgan fingerprint density at radius 3 is 2.17 bits per heavy atom. The highest BCUT2D eigenvalue weighted by Gasteiger charge is 2.49. The van der Waals surface area contributed by atoms with Crippen molar-refractivity contribution in [2.24, 2.45) is 0 Å². The molecular formula is C21H23N3O6. The minimum Gasteiger partial charge on any atom is -0.493 e. The molecule has 1 fully saturated rings. The predicted octanol–water partition coefficient (Wildman–Crippen LogP) is 2.12. The topological polar surface area (TPSA) is 106 Å². The van der Waals surface area contributed by atoms with Crippen LogP contribution in [0.1, 0.15) is 12.5 Å². The van der Waals surface area contributed by atoms with Gasteiger partial charge in [-0.25, -0.2) is 4.79 Å². The van der Waals surface area contributed by atoms with Gasteiger partial charge in [0.15, 0.2) is 11.5 Å². The van der Waals surface area contributed by atoms with Crippen LogP contribution in [0.5, 0.6) is 17.2 Å². The number of carbonyl (C=O) groups is 3. The standard InChI is InChI=1S/C21H23N3O6/c1-21(13-8-6-5-7-9-13)19(26)24(20(27)23-21)12-17(25)22-14-10-15(28-2)18(30-4)16(11-14)29-3/h5-11H,12H2,1-4H3,(H,22,25)(H,23,27)/t21-/m0/s1. The molecule has 4 amide bonds. The van der Waals surface area contributed by atoms with Crippen molar-refractivity contribution in [2.45, 2.75) is 12.5 Å². The van der Waals surface area contributed by atoms with Crippen molar-refractivity contribution >= 4 is 23.5 Å². The Bertz CT molecular complexity index is 953. The van der Waals surface area contributed by atoms with Gasteiger partial charge in [0, 0.05) is 17.8 Å². The number of rotatable bonds is 7. The van der Waals surface area contributed by atoms with Gasteiger partial charge in [-0.2, -0.15) is 0 Å². The lowest BCUT2D eigenvalue weighted by molar-refractivity contribution is -0.133. The molecule has 0 aromatic heterocycles. The summed E-state index contributed by atoms with van der Waals surface area (Å²) in [6, 6.07) is 11.3. The Labute approximate surface area is 173 Å². The molecule has 2 aromatic rings. The van der Waals surface area contributed by atoms with Crippen LogP contribution in [0.4, 0.5) is 10.5 Å². The third-order valence-corrected chi connectivity index (χ3v) is 4.88. The lowest BCUT2D eigenvalue weighted by atomic mass is 9.92. The zero-order valence-corrected chi connectivity index (χ0v) is 17.1. The van der Waals surface area contributed by atoms with Crippen LogP contribution < -0.4 is 24.8 Å². The van der Waals surface area contributed by atoms with E-state index in [4.69, 9.17) is 14.2 Å². The van der Waals surface area contributed by atoms with Crippen molar-refractivity contribution in [3.63, 3.8) is 0 Å². The van der Waals surface area contributed by atoms with E-state index in [2.05, 4.69) is 10.6 Å². The molecule has 1 aliphatic heterocycles. The average Bonchev–Trinajstić information content (AvgIpc) is 2.97. The third kappa shape index (κ3) is 3.73. The van der Waals surface area contributed by atoms with Crippen molar-refractivity contribution in [2.75, 3.05) is 33.2 Å². The van der Waals surface area contributed by atoms with Crippen LogP contribution in [-0.2, 0) is 15.1 Å². The number of nitrogens with one attached hydrogen (secondary N) is 2. The number of anilines is 1. The maximum atomic E-state index is 12.9. The number of amides is 4. The second-order valence-electron chi connectivity index (χ2n) is 6.77. The molecule has 0 bridgehead atoms. The van der Waals surface area contributed by atoms with E-state index in [1.165, 1.54) is 21.3 Å². The molecule has 1 heterocycles. The summed E-state index contributed by atoms with van der Waals surface area (Å²) in [5.74, 6) is 0.0483. The molecule has 0 spiro atoms. The molecule has 0 radical (unpaired) electrons. The molecule has 9 heteroatoms. The van der Waals surface area contributed by atoms with Crippen molar-refractivity contribution < 1.29 is 28.6 Å². The summed E-state index contributed by atoms with van der Waals surface area (Å²) < 4.78 is 15.8. The number of carbonyl (C=O) groups excluding carboxylic acids is 3. The number of benzene rings is 2. The molecule has 2 N–H and O–H groups in total. The van der Waals surface area contributed by atoms with Gasteiger partial charge in [-0.15, -0.1) is 0 Å². The molecule has 3 rings (SSSR count). The summed E-state index contributed by atoms with van der Waals surface area (Å²) in [7, 11) is 4.39.